The van der Waals surface area contributed by atoms with E-state index in [4.69, 9.17) is 4.74 Å². The fraction of sp³-hybridized carbons (Fsp3) is 0.421. The topological polar surface area (TPSA) is 37.4 Å². The van der Waals surface area contributed by atoms with Crippen LogP contribution < -0.4 is 5.32 Å². The number of anilines is 1. The molecule has 0 unspecified atom stereocenters. The van der Waals surface area contributed by atoms with E-state index in [1.165, 1.54) is 18.2 Å². The minimum atomic E-state index is -0.340. The van der Waals surface area contributed by atoms with Crippen LogP contribution >= 0.6 is 0 Å². The van der Waals surface area contributed by atoms with Gasteiger partial charge in [0.15, 0.2) is 11.6 Å². The molecule has 4 rings (SSSR count). The number of benzene rings is 1. The lowest BCUT2D eigenvalue weighted by molar-refractivity contribution is 0.0120. The van der Waals surface area contributed by atoms with Crippen LogP contribution in [0, 0.1) is 11.6 Å². The van der Waals surface area contributed by atoms with Gasteiger partial charge in [-0.15, -0.1) is 0 Å². The zero-order chi connectivity index (χ0) is 17.3. The van der Waals surface area contributed by atoms with Crippen molar-refractivity contribution in [2.24, 2.45) is 0 Å². The van der Waals surface area contributed by atoms with E-state index < -0.39 is 0 Å². The molecule has 1 aromatic carbocycles. The Morgan fingerprint density at radius 2 is 2.08 bits per heavy atom. The predicted molar refractivity (Wildman–Crippen MR) is 91.2 cm³/mol. The number of likely N-dealkylation sites (tertiary alicyclic amines) is 1. The molecule has 6 heteroatoms. The Hall–Kier alpha value is -2.05. The van der Waals surface area contributed by atoms with Crippen molar-refractivity contribution < 1.29 is 13.5 Å². The van der Waals surface area contributed by atoms with E-state index in [1.54, 1.807) is 12.3 Å². The molecule has 2 aromatic rings. The lowest BCUT2D eigenvalue weighted by Gasteiger charge is -2.23. The minimum absolute atomic E-state index is 0.0650. The maximum Gasteiger partial charge on any atom is 0.165 e. The lowest BCUT2D eigenvalue weighted by atomic mass is 9.97. The maximum absolute atomic E-state index is 13.7. The molecule has 0 aliphatic carbocycles. The average molecular weight is 345 g/mol. The number of nitrogens with one attached hydrogen (secondary N) is 1. The van der Waals surface area contributed by atoms with Gasteiger partial charge in [0.25, 0.3) is 0 Å². The summed E-state index contributed by atoms with van der Waals surface area (Å²) in [7, 11) is 0. The zero-order valence-corrected chi connectivity index (χ0v) is 13.9. The minimum Gasteiger partial charge on any atom is -0.371 e. The van der Waals surface area contributed by atoms with E-state index in [2.05, 4.69) is 15.2 Å². The summed E-state index contributed by atoms with van der Waals surface area (Å²) < 4.78 is 32.9. The summed E-state index contributed by atoms with van der Waals surface area (Å²) in [5.74, 6) is -0.265. The highest BCUT2D eigenvalue weighted by molar-refractivity contribution is 5.37. The summed E-state index contributed by atoms with van der Waals surface area (Å²) >= 11 is 0. The van der Waals surface area contributed by atoms with Crippen LogP contribution in [0.15, 0.2) is 42.6 Å². The molecular weight excluding hydrogens is 324 g/mol. The van der Waals surface area contributed by atoms with E-state index in [0.717, 1.165) is 38.0 Å². The second kappa shape index (κ2) is 6.69. The molecule has 4 nitrogen and oxygen atoms in total. The first kappa shape index (κ1) is 16.4. The average Bonchev–Trinajstić information content (AvgIpc) is 3.19. The molecular formula is C19H21F2N3O. The van der Waals surface area contributed by atoms with Crippen molar-refractivity contribution in [3.8, 4) is 0 Å². The molecule has 1 spiro atoms. The summed E-state index contributed by atoms with van der Waals surface area (Å²) in [6.07, 6.45) is 3.37. The number of halogens is 2. The smallest absolute Gasteiger partial charge is 0.165 e. The van der Waals surface area contributed by atoms with Gasteiger partial charge in [0.05, 0.1) is 18.2 Å². The van der Waals surface area contributed by atoms with Gasteiger partial charge in [0.2, 0.25) is 0 Å². The SMILES string of the molecule is Fc1ccc(CN2CC[C@@]3(C[C@H](Nc4ncccc4F)CO3)C2)cc1. The molecule has 2 fully saturated rings. The van der Waals surface area contributed by atoms with E-state index in [0.29, 0.717) is 6.61 Å². The van der Waals surface area contributed by atoms with Gasteiger partial charge in [-0.2, -0.15) is 0 Å². The first-order chi connectivity index (χ1) is 12.1. The molecule has 2 saturated heterocycles. The summed E-state index contributed by atoms with van der Waals surface area (Å²) in [5.41, 5.74) is 0.921. The van der Waals surface area contributed by atoms with E-state index in [9.17, 15) is 8.78 Å². The van der Waals surface area contributed by atoms with Crippen LogP contribution in [-0.4, -0.2) is 41.2 Å². The van der Waals surface area contributed by atoms with Crippen molar-refractivity contribution in [1.82, 2.24) is 9.88 Å². The fourth-order valence-electron chi connectivity index (χ4n) is 3.82. The van der Waals surface area contributed by atoms with Crippen LogP contribution in [0.25, 0.3) is 0 Å². The maximum atomic E-state index is 13.7. The first-order valence-corrected chi connectivity index (χ1v) is 8.60. The lowest BCUT2D eigenvalue weighted by Crippen LogP contribution is -2.33. The molecule has 0 amide bonds. The number of pyridine rings is 1. The number of nitrogens with zero attached hydrogens (tertiary/aromatic N) is 2. The van der Waals surface area contributed by atoms with Crippen LogP contribution in [0.1, 0.15) is 18.4 Å². The van der Waals surface area contributed by atoms with E-state index in [-0.39, 0.29) is 29.1 Å². The molecule has 132 valence electrons. The Kier molecular flexibility index (Phi) is 4.39. The van der Waals surface area contributed by atoms with Gasteiger partial charge in [0.1, 0.15) is 5.82 Å². The normalized spacial score (nSPS) is 26.4. The van der Waals surface area contributed by atoms with Gasteiger partial charge in [0, 0.05) is 32.3 Å². The van der Waals surface area contributed by atoms with E-state index >= 15 is 0 Å². The Morgan fingerprint density at radius 3 is 2.88 bits per heavy atom. The molecule has 1 N–H and O–H groups in total. The molecule has 0 saturated carbocycles. The number of aromatic nitrogens is 1. The second-order valence-electron chi connectivity index (χ2n) is 6.96. The van der Waals surface area contributed by atoms with Gasteiger partial charge in [-0.05, 0) is 36.2 Å². The van der Waals surface area contributed by atoms with Gasteiger partial charge in [-0.25, -0.2) is 13.8 Å². The van der Waals surface area contributed by atoms with Crippen LogP contribution in [-0.2, 0) is 11.3 Å². The van der Waals surface area contributed by atoms with Crippen molar-refractivity contribution in [2.75, 3.05) is 25.0 Å². The third kappa shape index (κ3) is 3.65. The van der Waals surface area contributed by atoms with Crippen molar-refractivity contribution in [2.45, 2.75) is 31.0 Å². The first-order valence-electron chi connectivity index (χ1n) is 8.60. The number of ether oxygens (including phenoxy) is 1. The van der Waals surface area contributed by atoms with Crippen molar-refractivity contribution in [3.05, 3.63) is 59.8 Å². The molecule has 2 aliphatic heterocycles. The van der Waals surface area contributed by atoms with Crippen LogP contribution in [0.2, 0.25) is 0 Å². The Balaban J connectivity index is 1.35. The summed E-state index contributed by atoms with van der Waals surface area (Å²) in [6.45, 7) is 3.13. The molecule has 0 bridgehead atoms. The summed E-state index contributed by atoms with van der Waals surface area (Å²) in [5, 5.41) is 3.16. The van der Waals surface area contributed by atoms with Crippen LogP contribution in [0.3, 0.4) is 0 Å². The van der Waals surface area contributed by atoms with Crippen molar-refractivity contribution >= 4 is 5.82 Å². The molecule has 1 aromatic heterocycles. The van der Waals surface area contributed by atoms with Gasteiger partial charge < -0.3 is 10.1 Å². The largest absolute Gasteiger partial charge is 0.371 e. The Bertz CT molecular complexity index is 740. The molecule has 25 heavy (non-hydrogen) atoms. The Labute approximate surface area is 145 Å². The molecule has 2 atom stereocenters. The number of hydrogen-bond acceptors (Lipinski definition) is 4. The highest BCUT2D eigenvalue weighted by atomic mass is 19.1. The van der Waals surface area contributed by atoms with Gasteiger partial charge in [-0.3, -0.25) is 4.90 Å². The van der Waals surface area contributed by atoms with Gasteiger partial charge >= 0.3 is 0 Å². The molecule has 3 heterocycles. The fourth-order valence-corrected chi connectivity index (χ4v) is 3.82. The highest BCUT2D eigenvalue weighted by Crippen LogP contribution is 2.36. The monoisotopic (exact) mass is 345 g/mol. The highest BCUT2D eigenvalue weighted by Gasteiger charge is 2.45. The number of hydrogen-bond donors (Lipinski definition) is 1. The molecule has 0 radical (unpaired) electrons. The van der Waals surface area contributed by atoms with Crippen LogP contribution in [0.5, 0.6) is 0 Å². The Morgan fingerprint density at radius 1 is 1.24 bits per heavy atom. The predicted octanol–water partition coefficient (Wildman–Crippen LogP) is 3.21. The van der Waals surface area contributed by atoms with Crippen LogP contribution in [0.4, 0.5) is 14.6 Å². The zero-order valence-electron chi connectivity index (χ0n) is 13.9. The third-order valence-electron chi connectivity index (χ3n) is 5.02. The quantitative estimate of drug-likeness (QED) is 0.923. The standard InChI is InChI=1S/C19H21F2N3O/c20-15-5-3-14(4-6-15)11-24-9-7-19(13-24)10-16(12-25-19)23-18-17(21)2-1-8-22-18/h1-6,8,16H,7,9-13H2,(H,22,23)/t16-,19+/m0/s1. The number of rotatable bonds is 4. The summed E-state index contributed by atoms with van der Waals surface area (Å²) in [4.78, 5) is 6.38. The summed E-state index contributed by atoms with van der Waals surface area (Å²) in [6, 6.07) is 9.69. The third-order valence-corrected chi connectivity index (χ3v) is 5.02. The van der Waals surface area contributed by atoms with Crippen molar-refractivity contribution in [1.29, 1.82) is 0 Å². The van der Waals surface area contributed by atoms with E-state index in [1.807, 2.05) is 12.1 Å². The molecule has 2 aliphatic rings. The van der Waals surface area contributed by atoms with Gasteiger partial charge in [-0.1, -0.05) is 12.1 Å². The van der Waals surface area contributed by atoms with Crippen molar-refractivity contribution in [3.63, 3.8) is 0 Å². The second-order valence-corrected chi connectivity index (χ2v) is 6.96.